The first-order valence-electron chi connectivity index (χ1n) is 5.09. The lowest BCUT2D eigenvalue weighted by molar-refractivity contribution is -0.385. The van der Waals surface area contributed by atoms with Crippen molar-refractivity contribution in [1.82, 2.24) is 4.98 Å². The number of carbonyl (C=O) groups excluding carboxylic acids is 1. The maximum absolute atomic E-state index is 12.1. The van der Waals surface area contributed by atoms with Crippen molar-refractivity contribution in [1.29, 1.82) is 0 Å². The summed E-state index contributed by atoms with van der Waals surface area (Å²) >= 11 is 0. The fraction of sp³-hybridized carbons (Fsp3) is 0. The van der Waals surface area contributed by atoms with Crippen LogP contribution in [0.3, 0.4) is 0 Å². The Bertz CT molecular complexity index is 611. The minimum absolute atomic E-state index is 0.0205. The summed E-state index contributed by atoms with van der Waals surface area (Å²) in [6.45, 7) is 0. The zero-order valence-electron chi connectivity index (χ0n) is 9.24. The maximum Gasteiger partial charge on any atom is 0.282 e. The highest BCUT2D eigenvalue weighted by atomic mass is 16.6. The molecule has 2 rings (SSSR count). The Balaban J connectivity index is 2.52. The number of nitro benzene ring substituents is 1. The van der Waals surface area contributed by atoms with E-state index in [2.05, 4.69) is 4.98 Å². The van der Waals surface area contributed by atoms with Crippen molar-refractivity contribution < 1.29 is 9.72 Å². The van der Waals surface area contributed by atoms with E-state index in [0.717, 1.165) is 6.07 Å². The van der Waals surface area contributed by atoms with E-state index in [9.17, 15) is 14.9 Å². The number of anilines is 1. The molecule has 0 radical (unpaired) electrons. The van der Waals surface area contributed by atoms with Crippen molar-refractivity contribution in [2.75, 3.05) is 5.73 Å². The van der Waals surface area contributed by atoms with Crippen LogP contribution >= 0.6 is 0 Å². The summed E-state index contributed by atoms with van der Waals surface area (Å²) in [5.74, 6) is -0.498. The van der Waals surface area contributed by atoms with E-state index >= 15 is 0 Å². The van der Waals surface area contributed by atoms with E-state index in [4.69, 9.17) is 5.73 Å². The molecule has 0 amide bonds. The van der Waals surface area contributed by atoms with Crippen molar-refractivity contribution in [3.8, 4) is 0 Å². The number of pyridine rings is 1. The maximum atomic E-state index is 12.1. The lowest BCUT2D eigenvalue weighted by atomic mass is 10.1. The standard InChI is InChI=1S/C12H9N3O3/c13-8-4-5-9(11(7-8)15(17)18)12(16)10-3-1-2-6-14-10/h1-7H,13H2. The molecule has 1 heterocycles. The molecule has 0 aliphatic heterocycles. The van der Waals surface area contributed by atoms with Crippen LogP contribution in [0.25, 0.3) is 0 Å². The molecule has 0 bridgehead atoms. The predicted molar refractivity (Wildman–Crippen MR) is 65.2 cm³/mol. The van der Waals surface area contributed by atoms with Gasteiger partial charge in [0.1, 0.15) is 11.3 Å². The number of benzene rings is 1. The minimum atomic E-state index is -0.632. The smallest absolute Gasteiger partial charge is 0.282 e. The van der Waals surface area contributed by atoms with Crippen LogP contribution in [-0.2, 0) is 0 Å². The fourth-order valence-corrected chi connectivity index (χ4v) is 1.53. The van der Waals surface area contributed by atoms with Gasteiger partial charge in [0.2, 0.25) is 5.78 Å². The van der Waals surface area contributed by atoms with Gasteiger partial charge in [0.05, 0.1) is 4.92 Å². The summed E-state index contributed by atoms with van der Waals surface area (Å²) in [4.78, 5) is 26.2. The van der Waals surface area contributed by atoms with E-state index in [1.165, 1.54) is 24.4 Å². The first-order chi connectivity index (χ1) is 8.59. The van der Waals surface area contributed by atoms with Gasteiger partial charge < -0.3 is 5.73 Å². The molecule has 0 aliphatic carbocycles. The Labute approximate surface area is 102 Å². The van der Waals surface area contributed by atoms with Gasteiger partial charge in [-0.05, 0) is 24.3 Å². The molecule has 0 saturated heterocycles. The van der Waals surface area contributed by atoms with Gasteiger partial charge in [0.25, 0.3) is 5.69 Å². The lowest BCUT2D eigenvalue weighted by Gasteiger charge is -2.02. The zero-order valence-corrected chi connectivity index (χ0v) is 9.24. The number of nitrogens with two attached hydrogens (primary N) is 1. The summed E-state index contributed by atoms with van der Waals surface area (Å²) in [6, 6.07) is 8.75. The number of rotatable bonds is 3. The molecule has 2 aromatic rings. The third-order valence-electron chi connectivity index (χ3n) is 2.36. The Morgan fingerprint density at radius 3 is 2.67 bits per heavy atom. The van der Waals surface area contributed by atoms with Gasteiger partial charge in [0, 0.05) is 18.0 Å². The van der Waals surface area contributed by atoms with E-state index in [-0.39, 0.29) is 22.6 Å². The third-order valence-corrected chi connectivity index (χ3v) is 2.36. The average molecular weight is 243 g/mol. The third kappa shape index (κ3) is 2.17. The largest absolute Gasteiger partial charge is 0.399 e. The summed E-state index contributed by atoms with van der Waals surface area (Å²) < 4.78 is 0. The monoisotopic (exact) mass is 243 g/mol. The first-order valence-corrected chi connectivity index (χ1v) is 5.09. The van der Waals surface area contributed by atoms with Crippen molar-refractivity contribution in [3.63, 3.8) is 0 Å². The average Bonchev–Trinajstić information content (AvgIpc) is 2.39. The van der Waals surface area contributed by atoms with Gasteiger partial charge in [-0.1, -0.05) is 6.07 Å². The lowest BCUT2D eigenvalue weighted by Crippen LogP contribution is -2.07. The molecule has 0 aliphatic rings. The predicted octanol–water partition coefficient (Wildman–Crippen LogP) is 1.80. The second-order valence-electron chi connectivity index (χ2n) is 3.58. The molecule has 1 aromatic carbocycles. The Kier molecular flexibility index (Phi) is 3.01. The van der Waals surface area contributed by atoms with Crippen LogP contribution in [-0.4, -0.2) is 15.7 Å². The number of carbonyl (C=O) groups is 1. The Morgan fingerprint density at radius 2 is 2.06 bits per heavy atom. The van der Waals surface area contributed by atoms with Gasteiger partial charge in [-0.3, -0.25) is 19.9 Å². The second-order valence-corrected chi connectivity index (χ2v) is 3.58. The molecule has 6 heteroatoms. The number of ketones is 1. The van der Waals surface area contributed by atoms with Gasteiger partial charge in [-0.15, -0.1) is 0 Å². The van der Waals surface area contributed by atoms with Crippen LogP contribution in [0.1, 0.15) is 16.1 Å². The highest BCUT2D eigenvalue weighted by molar-refractivity contribution is 6.10. The number of hydrogen-bond acceptors (Lipinski definition) is 5. The van der Waals surface area contributed by atoms with Crippen molar-refractivity contribution in [2.24, 2.45) is 0 Å². The van der Waals surface area contributed by atoms with Gasteiger partial charge in [0.15, 0.2) is 0 Å². The van der Waals surface area contributed by atoms with Crippen LogP contribution in [0.15, 0.2) is 42.6 Å². The molecular formula is C12H9N3O3. The first kappa shape index (κ1) is 11.7. The number of hydrogen-bond donors (Lipinski definition) is 1. The second kappa shape index (κ2) is 4.62. The molecule has 18 heavy (non-hydrogen) atoms. The Hall–Kier alpha value is -2.76. The van der Waals surface area contributed by atoms with E-state index < -0.39 is 10.7 Å². The SMILES string of the molecule is Nc1ccc(C(=O)c2ccccn2)c([N+](=O)[O-])c1. The quantitative estimate of drug-likeness (QED) is 0.383. The molecule has 0 fully saturated rings. The molecule has 0 saturated carbocycles. The zero-order chi connectivity index (χ0) is 13.1. The normalized spacial score (nSPS) is 10.0. The molecule has 1 aromatic heterocycles. The molecule has 2 N–H and O–H groups in total. The highest BCUT2D eigenvalue weighted by Gasteiger charge is 2.22. The topological polar surface area (TPSA) is 99.1 Å². The van der Waals surface area contributed by atoms with Crippen molar-refractivity contribution in [3.05, 3.63) is 64.0 Å². The van der Waals surface area contributed by atoms with Crippen LogP contribution in [0.5, 0.6) is 0 Å². The molecule has 0 unspecified atom stereocenters. The molecule has 90 valence electrons. The number of aromatic nitrogens is 1. The van der Waals surface area contributed by atoms with E-state index in [1.54, 1.807) is 12.1 Å². The number of nitro groups is 1. The summed E-state index contributed by atoms with van der Waals surface area (Å²) in [5.41, 5.74) is 5.53. The fourth-order valence-electron chi connectivity index (χ4n) is 1.53. The summed E-state index contributed by atoms with van der Waals surface area (Å²) in [7, 11) is 0. The van der Waals surface area contributed by atoms with Crippen LogP contribution in [0, 0.1) is 10.1 Å². The molecular weight excluding hydrogens is 234 g/mol. The number of nitrogens with zero attached hydrogens (tertiary/aromatic N) is 2. The molecule has 6 nitrogen and oxygen atoms in total. The van der Waals surface area contributed by atoms with E-state index in [0.29, 0.717) is 0 Å². The Morgan fingerprint density at radius 1 is 1.28 bits per heavy atom. The summed E-state index contributed by atoms with van der Waals surface area (Å²) in [6.07, 6.45) is 1.45. The number of nitrogen functional groups attached to an aromatic ring is 1. The van der Waals surface area contributed by atoms with Gasteiger partial charge >= 0.3 is 0 Å². The van der Waals surface area contributed by atoms with Crippen LogP contribution < -0.4 is 5.73 Å². The molecule has 0 spiro atoms. The summed E-state index contributed by atoms with van der Waals surface area (Å²) in [5, 5.41) is 10.9. The van der Waals surface area contributed by atoms with Crippen molar-refractivity contribution in [2.45, 2.75) is 0 Å². The molecule has 0 atom stereocenters. The van der Waals surface area contributed by atoms with Crippen molar-refractivity contribution >= 4 is 17.2 Å². The minimum Gasteiger partial charge on any atom is -0.399 e. The van der Waals surface area contributed by atoms with E-state index in [1.807, 2.05) is 0 Å². The van der Waals surface area contributed by atoms with Gasteiger partial charge in [-0.25, -0.2) is 0 Å². The van der Waals surface area contributed by atoms with Crippen LogP contribution in [0.2, 0.25) is 0 Å². The van der Waals surface area contributed by atoms with Crippen LogP contribution in [0.4, 0.5) is 11.4 Å². The van der Waals surface area contributed by atoms with Gasteiger partial charge in [-0.2, -0.15) is 0 Å². The highest BCUT2D eigenvalue weighted by Crippen LogP contribution is 2.23.